The zero-order valence-corrected chi connectivity index (χ0v) is 9.54. The van der Waals surface area contributed by atoms with Crippen LogP contribution in [-0.4, -0.2) is 10.1 Å². The lowest BCUT2D eigenvalue weighted by molar-refractivity contribution is 0.385. The molecule has 0 amide bonds. The van der Waals surface area contributed by atoms with Gasteiger partial charge in [-0.3, -0.25) is 0 Å². The zero-order chi connectivity index (χ0) is 12.4. The quantitative estimate of drug-likeness (QED) is 0.713. The van der Waals surface area contributed by atoms with Crippen LogP contribution in [-0.2, 0) is 6.42 Å². The predicted molar refractivity (Wildman–Crippen MR) is 65.7 cm³/mol. The van der Waals surface area contributed by atoms with Crippen molar-refractivity contribution in [2.45, 2.75) is 6.42 Å². The van der Waals surface area contributed by atoms with E-state index in [-0.39, 0.29) is 0 Å². The van der Waals surface area contributed by atoms with Crippen molar-refractivity contribution in [3.63, 3.8) is 0 Å². The minimum absolute atomic E-state index is 0.536. The third-order valence-electron chi connectivity index (χ3n) is 2.58. The van der Waals surface area contributed by atoms with Crippen LogP contribution in [0.3, 0.4) is 0 Å². The molecule has 0 bridgehead atoms. The smallest absolute Gasteiger partial charge is 0.231 e. The van der Waals surface area contributed by atoms with Crippen LogP contribution in [0.15, 0.2) is 51.8 Å². The number of nitrogen functional groups attached to an aromatic ring is 1. The first-order valence-corrected chi connectivity index (χ1v) is 5.51. The van der Waals surface area contributed by atoms with Gasteiger partial charge in [-0.25, -0.2) is 0 Å². The van der Waals surface area contributed by atoms with E-state index in [2.05, 4.69) is 10.1 Å². The molecule has 90 valence electrons. The highest BCUT2D eigenvalue weighted by Crippen LogP contribution is 2.17. The Morgan fingerprint density at radius 2 is 1.94 bits per heavy atom. The van der Waals surface area contributed by atoms with E-state index in [0.29, 0.717) is 18.1 Å². The van der Waals surface area contributed by atoms with Gasteiger partial charge in [0.2, 0.25) is 11.7 Å². The topological polar surface area (TPSA) is 78.1 Å². The first kappa shape index (κ1) is 10.6. The average molecular weight is 241 g/mol. The van der Waals surface area contributed by atoms with Crippen molar-refractivity contribution in [1.29, 1.82) is 0 Å². The monoisotopic (exact) mass is 241 g/mol. The Morgan fingerprint density at radius 3 is 2.67 bits per heavy atom. The molecule has 3 aromatic rings. The lowest BCUT2D eigenvalue weighted by atomic mass is 10.1. The molecule has 2 heterocycles. The maximum Gasteiger partial charge on any atom is 0.231 e. The van der Waals surface area contributed by atoms with Crippen molar-refractivity contribution in [3.05, 3.63) is 54.3 Å². The van der Waals surface area contributed by atoms with E-state index in [0.717, 1.165) is 16.8 Å². The van der Waals surface area contributed by atoms with Gasteiger partial charge in [0.1, 0.15) is 6.26 Å². The third kappa shape index (κ3) is 2.10. The van der Waals surface area contributed by atoms with Crippen LogP contribution in [0.25, 0.3) is 11.4 Å². The maximum absolute atomic E-state index is 5.63. The third-order valence-corrected chi connectivity index (χ3v) is 2.58. The highest BCUT2D eigenvalue weighted by atomic mass is 16.5. The van der Waals surface area contributed by atoms with Gasteiger partial charge in [0.15, 0.2) is 0 Å². The highest BCUT2D eigenvalue weighted by molar-refractivity contribution is 5.51. The van der Waals surface area contributed by atoms with E-state index in [1.807, 2.05) is 24.3 Å². The summed E-state index contributed by atoms with van der Waals surface area (Å²) in [7, 11) is 0. The first-order valence-electron chi connectivity index (χ1n) is 5.51. The second kappa shape index (κ2) is 4.37. The molecule has 0 aliphatic carbocycles. The molecule has 18 heavy (non-hydrogen) atoms. The first-order chi connectivity index (χ1) is 8.81. The van der Waals surface area contributed by atoms with E-state index in [4.69, 9.17) is 14.7 Å². The molecule has 0 unspecified atom stereocenters. The van der Waals surface area contributed by atoms with Crippen molar-refractivity contribution in [2.24, 2.45) is 0 Å². The summed E-state index contributed by atoms with van der Waals surface area (Å²) in [6, 6.07) is 9.37. The standard InChI is InChI=1S/C13H11N3O2/c14-11-3-1-9(2-4-11)7-12-15-13(16-18-12)10-5-6-17-8-10/h1-6,8H,7,14H2. The Balaban J connectivity index is 1.80. The molecule has 2 aromatic heterocycles. The molecule has 5 heteroatoms. The van der Waals surface area contributed by atoms with Crippen LogP contribution in [0, 0.1) is 0 Å². The molecule has 0 atom stereocenters. The van der Waals surface area contributed by atoms with Crippen LogP contribution in [0.5, 0.6) is 0 Å². The largest absolute Gasteiger partial charge is 0.472 e. The number of benzene rings is 1. The van der Waals surface area contributed by atoms with Gasteiger partial charge in [-0.05, 0) is 23.8 Å². The molecule has 0 fully saturated rings. The summed E-state index contributed by atoms with van der Waals surface area (Å²) in [5.74, 6) is 1.10. The summed E-state index contributed by atoms with van der Waals surface area (Å²) < 4.78 is 10.2. The van der Waals surface area contributed by atoms with Crippen molar-refractivity contribution in [2.75, 3.05) is 5.73 Å². The molecule has 0 saturated carbocycles. The van der Waals surface area contributed by atoms with Crippen LogP contribution in [0.4, 0.5) is 5.69 Å². The van der Waals surface area contributed by atoms with Crippen molar-refractivity contribution in [1.82, 2.24) is 10.1 Å². The molecule has 5 nitrogen and oxygen atoms in total. The lowest BCUT2D eigenvalue weighted by Gasteiger charge is -1.96. The number of furan rings is 1. The molecule has 0 aliphatic rings. The SMILES string of the molecule is Nc1ccc(Cc2nc(-c3ccoc3)no2)cc1. The summed E-state index contributed by atoms with van der Waals surface area (Å²) in [5.41, 5.74) is 8.25. The fourth-order valence-electron chi connectivity index (χ4n) is 1.65. The van der Waals surface area contributed by atoms with Crippen LogP contribution < -0.4 is 5.73 Å². The van der Waals surface area contributed by atoms with E-state index in [1.54, 1.807) is 18.6 Å². The average Bonchev–Trinajstić information content (AvgIpc) is 3.02. The van der Waals surface area contributed by atoms with Gasteiger partial charge < -0.3 is 14.7 Å². The van der Waals surface area contributed by atoms with Crippen molar-refractivity contribution >= 4 is 5.69 Å². The Bertz CT molecular complexity index is 627. The Hall–Kier alpha value is -2.56. The molecule has 0 aliphatic heterocycles. The molecule has 0 saturated heterocycles. The number of nitrogens with zero attached hydrogens (tertiary/aromatic N) is 2. The van der Waals surface area contributed by atoms with E-state index in [9.17, 15) is 0 Å². The molecular weight excluding hydrogens is 230 g/mol. The molecule has 0 spiro atoms. The van der Waals surface area contributed by atoms with Gasteiger partial charge in [-0.15, -0.1) is 0 Å². The summed E-state index contributed by atoms with van der Waals surface area (Å²) in [4.78, 5) is 4.30. The van der Waals surface area contributed by atoms with Gasteiger partial charge in [-0.1, -0.05) is 17.3 Å². The maximum atomic E-state index is 5.63. The minimum Gasteiger partial charge on any atom is -0.472 e. The van der Waals surface area contributed by atoms with E-state index < -0.39 is 0 Å². The fraction of sp³-hybridized carbons (Fsp3) is 0.0769. The van der Waals surface area contributed by atoms with Crippen LogP contribution in [0.2, 0.25) is 0 Å². The molecule has 3 rings (SSSR count). The fourth-order valence-corrected chi connectivity index (χ4v) is 1.65. The normalized spacial score (nSPS) is 10.7. The second-order valence-corrected chi connectivity index (χ2v) is 3.94. The predicted octanol–water partition coefficient (Wildman–Crippen LogP) is 2.50. The number of hydrogen-bond acceptors (Lipinski definition) is 5. The number of anilines is 1. The number of hydrogen-bond donors (Lipinski definition) is 1. The highest BCUT2D eigenvalue weighted by Gasteiger charge is 2.09. The molecule has 1 aromatic carbocycles. The van der Waals surface area contributed by atoms with Crippen LogP contribution >= 0.6 is 0 Å². The lowest BCUT2D eigenvalue weighted by Crippen LogP contribution is -1.90. The van der Waals surface area contributed by atoms with Gasteiger partial charge in [0, 0.05) is 5.69 Å². The summed E-state index contributed by atoms with van der Waals surface area (Å²) >= 11 is 0. The number of nitrogens with two attached hydrogens (primary N) is 1. The minimum atomic E-state index is 0.536. The molecule has 2 N–H and O–H groups in total. The van der Waals surface area contributed by atoms with E-state index >= 15 is 0 Å². The summed E-state index contributed by atoms with van der Waals surface area (Å²) in [6.07, 6.45) is 3.74. The van der Waals surface area contributed by atoms with Crippen molar-refractivity contribution < 1.29 is 8.94 Å². The van der Waals surface area contributed by atoms with Gasteiger partial charge >= 0.3 is 0 Å². The Morgan fingerprint density at radius 1 is 1.11 bits per heavy atom. The van der Waals surface area contributed by atoms with E-state index in [1.165, 1.54) is 0 Å². The summed E-state index contributed by atoms with van der Waals surface area (Å²) in [5, 5.41) is 3.90. The van der Waals surface area contributed by atoms with Gasteiger partial charge in [0.05, 0.1) is 18.2 Å². The van der Waals surface area contributed by atoms with Gasteiger partial charge in [-0.2, -0.15) is 4.98 Å². The summed E-state index contributed by atoms with van der Waals surface area (Å²) in [6.45, 7) is 0. The Labute approximate surface area is 103 Å². The van der Waals surface area contributed by atoms with Crippen LogP contribution in [0.1, 0.15) is 11.5 Å². The second-order valence-electron chi connectivity index (χ2n) is 3.94. The molecular formula is C13H11N3O2. The zero-order valence-electron chi connectivity index (χ0n) is 9.54. The number of aromatic nitrogens is 2. The van der Waals surface area contributed by atoms with Gasteiger partial charge in [0.25, 0.3) is 0 Å². The molecule has 0 radical (unpaired) electrons. The number of rotatable bonds is 3. The van der Waals surface area contributed by atoms with Crippen molar-refractivity contribution in [3.8, 4) is 11.4 Å². The Kier molecular flexibility index (Phi) is 2.57.